The minimum absolute atomic E-state index is 0.581. The van der Waals surface area contributed by atoms with Crippen LogP contribution in [0.1, 0.15) is 113 Å². The third-order valence-electron chi connectivity index (χ3n) is 7.32. The highest BCUT2D eigenvalue weighted by Gasteiger charge is 2.02. The number of ether oxygens (including phenoxy) is 2. The van der Waals surface area contributed by atoms with Crippen molar-refractivity contribution >= 4 is 0 Å². The molecule has 0 atom stereocenters. The fourth-order valence-corrected chi connectivity index (χ4v) is 4.79. The third-order valence-corrected chi connectivity index (χ3v) is 7.32. The van der Waals surface area contributed by atoms with Crippen LogP contribution >= 0.6 is 0 Å². The smallest absolute Gasteiger partial charge is 0.119 e. The number of aryl methyl sites for hydroxylation is 2. The van der Waals surface area contributed by atoms with Crippen LogP contribution in [-0.4, -0.2) is 0 Å². The molecular formula is C36H50O2. The zero-order valence-corrected chi connectivity index (χ0v) is 24.1. The van der Waals surface area contributed by atoms with E-state index in [2.05, 4.69) is 86.6 Å². The summed E-state index contributed by atoms with van der Waals surface area (Å²) in [6.07, 6.45) is 18.4. The van der Waals surface area contributed by atoms with E-state index < -0.39 is 0 Å². The first-order chi connectivity index (χ1) is 18.8. The van der Waals surface area contributed by atoms with Gasteiger partial charge in [0.2, 0.25) is 0 Å². The molecule has 0 aliphatic carbocycles. The zero-order chi connectivity index (χ0) is 26.7. The Balaban J connectivity index is 1.31. The first-order valence-corrected chi connectivity index (χ1v) is 15.3. The van der Waals surface area contributed by atoms with Crippen molar-refractivity contribution in [2.75, 3.05) is 0 Å². The molecule has 0 fully saturated rings. The highest BCUT2D eigenvalue weighted by molar-refractivity contribution is 5.30. The molecule has 0 N–H and O–H groups in total. The summed E-state index contributed by atoms with van der Waals surface area (Å²) in [5, 5.41) is 0. The molecule has 0 aromatic heterocycles. The van der Waals surface area contributed by atoms with E-state index in [1.165, 1.54) is 112 Å². The first kappa shape index (κ1) is 29.8. The molecule has 0 heterocycles. The van der Waals surface area contributed by atoms with Gasteiger partial charge in [-0.15, -0.1) is 0 Å². The molecule has 0 amide bonds. The summed E-state index contributed by atoms with van der Waals surface area (Å²) >= 11 is 0. The Morgan fingerprint density at radius 2 is 0.684 bits per heavy atom. The molecule has 3 aromatic rings. The number of rotatable bonds is 20. The quantitative estimate of drug-likeness (QED) is 0.140. The van der Waals surface area contributed by atoms with Crippen molar-refractivity contribution in [2.24, 2.45) is 0 Å². The van der Waals surface area contributed by atoms with Gasteiger partial charge in [0, 0.05) is 0 Å². The second kappa shape index (κ2) is 18.5. The van der Waals surface area contributed by atoms with E-state index in [0.717, 1.165) is 11.5 Å². The van der Waals surface area contributed by atoms with Gasteiger partial charge in [-0.1, -0.05) is 127 Å². The average Bonchev–Trinajstić information content (AvgIpc) is 2.96. The lowest BCUT2D eigenvalue weighted by atomic mass is 10.0. The summed E-state index contributed by atoms with van der Waals surface area (Å²) in [4.78, 5) is 0. The average molecular weight is 515 g/mol. The molecule has 0 unspecified atom stereocenters. The standard InChI is InChI=1S/C36H50O2/c1-3-5-7-9-11-13-15-31-21-25-35(26-22-31)37-29-33-17-19-34(20-18-33)30-38-36-27-23-32(24-28-36)16-14-12-10-8-6-4-2/h17-28H,3-16,29-30H2,1-2H3. The molecular weight excluding hydrogens is 464 g/mol. The van der Waals surface area contributed by atoms with Gasteiger partial charge in [0.25, 0.3) is 0 Å². The lowest BCUT2D eigenvalue weighted by Gasteiger charge is -2.10. The van der Waals surface area contributed by atoms with Crippen molar-refractivity contribution in [1.82, 2.24) is 0 Å². The van der Waals surface area contributed by atoms with Crippen molar-refractivity contribution in [2.45, 2.75) is 117 Å². The van der Waals surface area contributed by atoms with E-state index in [-0.39, 0.29) is 0 Å². The van der Waals surface area contributed by atoms with E-state index in [1.54, 1.807) is 0 Å². The SMILES string of the molecule is CCCCCCCCc1ccc(OCc2ccc(COc3ccc(CCCCCCCC)cc3)cc2)cc1. The van der Waals surface area contributed by atoms with Gasteiger partial charge in [-0.05, 0) is 72.2 Å². The van der Waals surface area contributed by atoms with Crippen molar-refractivity contribution in [1.29, 1.82) is 0 Å². The van der Waals surface area contributed by atoms with E-state index >= 15 is 0 Å². The maximum atomic E-state index is 6.02. The predicted octanol–water partition coefficient (Wildman–Crippen LogP) is 10.7. The summed E-state index contributed by atoms with van der Waals surface area (Å²) in [6, 6.07) is 25.8. The minimum Gasteiger partial charge on any atom is -0.489 e. The van der Waals surface area contributed by atoms with Crippen LogP contribution in [0.25, 0.3) is 0 Å². The monoisotopic (exact) mass is 514 g/mol. The number of hydrogen-bond acceptors (Lipinski definition) is 2. The van der Waals surface area contributed by atoms with Crippen LogP contribution in [0.5, 0.6) is 11.5 Å². The second-order valence-electron chi connectivity index (χ2n) is 10.7. The van der Waals surface area contributed by atoms with Gasteiger partial charge in [-0.25, -0.2) is 0 Å². The lowest BCUT2D eigenvalue weighted by molar-refractivity contribution is 0.302. The van der Waals surface area contributed by atoms with E-state index in [1.807, 2.05) is 0 Å². The normalized spacial score (nSPS) is 11.0. The summed E-state index contributed by atoms with van der Waals surface area (Å²) in [5.74, 6) is 1.87. The largest absolute Gasteiger partial charge is 0.489 e. The molecule has 0 radical (unpaired) electrons. The van der Waals surface area contributed by atoms with E-state index in [0.29, 0.717) is 13.2 Å². The zero-order valence-electron chi connectivity index (χ0n) is 24.1. The van der Waals surface area contributed by atoms with Gasteiger partial charge in [-0.3, -0.25) is 0 Å². The van der Waals surface area contributed by atoms with Gasteiger partial charge < -0.3 is 9.47 Å². The van der Waals surface area contributed by atoms with Crippen molar-refractivity contribution in [3.05, 3.63) is 95.1 Å². The van der Waals surface area contributed by atoms with Gasteiger partial charge in [0.05, 0.1) is 0 Å². The molecule has 3 aromatic carbocycles. The predicted molar refractivity (Wildman–Crippen MR) is 162 cm³/mol. The van der Waals surface area contributed by atoms with E-state index in [4.69, 9.17) is 9.47 Å². The molecule has 2 nitrogen and oxygen atoms in total. The molecule has 3 rings (SSSR count). The van der Waals surface area contributed by atoms with Crippen LogP contribution in [0.15, 0.2) is 72.8 Å². The second-order valence-corrected chi connectivity index (χ2v) is 10.7. The topological polar surface area (TPSA) is 18.5 Å². The van der Waals surface area contributed by atoms with Crippen molar-refractivity contribution < 1.29 is 9.47 Å². The van der Waals surface area contributed by atoms with E-state index in [9.17, 15) is 0 Å². The van der Waals surface area contributed by atoms with Gasteiger partial charge >= 0.3 is 0 Å². The van der Waals surface area contributed by atoms with Gasteiger partial charge in [0.1, 0.15) is 24.7 Å². The van der Waals surface area contributed by atoms with Gasteiger partial charge in [0.15, 0.2) is 0 Å². The minimum atomic E-state index is 0.581. The third kappa shape index (κ3) is 12.2. The molecule has 0 saturated heterocycles. The Morgan fingerprint density at radius 3 is 1.05 bits per heavy atom. The summed E-state index contributed by atoms with van der Waals surface area (Å²) < 4.78 is 12.0. The van der Waals surface area contributed by atoms with Crippen LogP contribution in [0.4, 0.5) is 0 Å². The molecule has 0 aliphatic rings. The summed E-state index contributed by atoms with van der Waals surface area (Å²) in [6.45, 7) is 5.70. The first-order valence-electron chi connectivity index (χ1n) is 15.3. The van der Waals surface area contributed by atoms with Crippen LogP contribution < -0.4 is 9.47 Å². The highest BCUT2D eigenvalue weighted by atomic mass is 16.5. The highest BCUT2D eigenvalue weighted by Crippen LogP contribution is 2.19. The van der Waals surface area contributed by atoms with Crippen LogP contribution in [0, 0.1) is 0 Å². The number of hydrogen-bond donors (Lipinski definition) is 0. The molecule has 0 aliphatic heterocycles. The Bertz CT molecular complexity index is 891. The Kier molecular flexibility index (Phi) is 14.5. The van der Waals surface area contributed by atoms with Crippen LogP contribution in [0.3, 0.4) is 0 Å². The molecule has 0 bridgehead atoms. The van der Waals surface area contributed by atoms with Crippen LogP contribution in [0.2, 0.25) is 0 Å². The van der Waals surface area contributed by atoms with Crippen LogP contribution in [-0.2, 0) is 26.1 Å². The van der Waals surface area contributed by atoms with Gasteiger partial charge in [-0.2, -0.15) is 0 Å². The molecule has 0 saturated carbocycles. The fraction of sp³-hybridized carbons (Fsp3) is 0.500. The molecule has 2 heteroatoms. The number of benzene rings is 3. The maximum absolute atomic E-state index is 6.02. The Morgan fingerprint density at radius 1 is 0.368 bits per heavy atom. The lowest BCUT2D eigenvalue weighted by Crippen LogP contribution is -1.98. The summed E-state index contributed by atoms with van der Waals surface area (Å²) in [7, 11) is 0. The number of unbranched alkanes of at least 4 members (excludes halogenated alkanes) is 10. The summed E-state index contributed by atoms with van der Waals surface area (Å²) in [5.41, 5.74) is 5.15. The fourth-order valence-electron chi connectivity index (χ4n) is 4.79. The maximum Gasteiger partial charge on any atom is 0.119 e. The molecule has 206 valence electrons. The van der Waals surface area contributed by atoms with Crippen molar-refractivity contribution in [3.63, 3.8) is 0 Å². The Labute approximate surface area is 232 Å². The molecule has 38 heavy (non-hydrogen) atoms. The molecule has 0 spiro atoms. The Hall–Kier alpha value is -2.74. The van der Waals surface area contributed by atoms with Crippen molar-refractivity contribution in [3.8, 4) is 11.5 Å².